The van der Waals surface area contributed by atoms with Gasteiger partial charge in [-0.25, -0.2) is 8.42 Å². The summed E-state index contributed by atoms with van der Waals surface area (Å²) >= 11 is 0. The van der Waals surface area contributed by atoms with Gasteiger partial charge >= 0.3 is 0 Å². The molecule has 0 heterocycles. The number of aryl methyl sites for hydroxylation is 2. The van der Waals surface area contributed by atoms with Crippen molar-refractivity contribution >= 4 is 21.4 Å². The molecule has 100 valence electrons. The second-order valence-corrected chi connectivity index (χ2v) is 6.18. The van der Waals surface area contributed by atoms with Crippen molar-refractivity contribution in [3.05, 3.63) is 53.6 Å². The van der Waals surface area contributed by atoms with Gasteiger partial charge in [0.05, 0.1) is 10.6 Å². The quantitative estimate of drug-likeness (QED) is 0.847. The molecule has 0 saturated carbocycles. The number of rotatable bonds is 3. The third-order valence-corrected chi connectivity index (χ3v) is 4.22. The Bertz CT molecular complexity index is 692. The molecule has 0 amide bonds. The smallest absolute Gasteiger partial charge is 0.261 e. The van der Waals surface area contributed by atoms with Gasteiger partial charge in [-0.15, -0.1) is 0 Å². The molecule has 0 spiro atoms. The van der Waals surface area contributed by atoms with E-state index in [9.17, 15) is 8.42 Å². The molecule has 0 radical (unpaired) electrons. The average Bonchev–Trinajstić information content (AvgIpc) is 2.34. The number of benzene rings is 2. The third kappa shape index (κ3) is 3.06. The molecule has 2 rings (SSSR count). The van der Waals surface area contributed by atoms with E-state index in [0.29, 0.717) is 11.4 Å². The Kier molecular flexibility index (Phi) is 3.48. The lowest BCUT2D eigenvalue weighted by Crippen LogP contribution is -2.13. The Balaban J connectivity index is 2.36. The number of anilines is 2. The predicted octanol–water partition coefficient (Wildman–Crippen LogP) is 2.69. The highest BCUT2D eigenvalue weighted by Gasteiger charge is 2.14. The van der Waals surface area contributed by atoms with Crippen LogP contribution in [0.5, 0.6) is 0 Å². The average molecular weight is 276 g/mol. The van der Waals surface area contributed by atoms with E-state index in [1.54, 1.807) is 42.5 Å². The lowest BCUT2D eigenvalue weighted by atomic mass is 10.2. The fourth-order valence-corrected chi connectivity index (χ4v) is 2.79. The fraction of sp³-hybridized carbons (Fsp3) is 0.143. The van der Waals surface area contributed by atoms with Crippen LogP contribution in [-0.4, -0.2) is 8.42 Å². The molecule has 19 heavy (non-hydrogen) atoms. The second-order valence-electron chi connectivity index (χ2n) is 4.49. The number of nitrogen functional groups attached to an aromatic ring is 1. The summed E-state index contributed by atoms with van der Waals surface area (Å²) in [5, 5.41) is 0. The molecule has 0 fully saturated rings. The highest BCUT2D eigenvalue weighted by Crippen LogP contribution is 2.22. The summed E-state index contributed by atoms with van der Waals surface area (Å²) in [6.07, 6.45) is 0. The predicted molar refractivity (Wildman–Crippen MR) is 77.6 cm³/mol. The van der Waals surface area contributed by atoms with E-state index in [-0.39, 0.29) is 4.90 Å². The Labute approximate surface area is 113 Å². The maximum absolute atomic E-state index is 12.2. The van der Waals surface area contributed by atoms with Crippen molar-refractivity contribution in [3.8, 4) is 0 Å². The van der Waals surface area contributed by atoms with Crippen LogP contribution in [0.2, 0.25) is 0 Å². The largest absolute Gasteiger partial charge is 0.399 e. The van der Waals surface area contributed by atoms with E-state index in [1.807, 2.05) is 13.8 Å². The summed E-state index contributed by atoms with van der Waals surface area (Å²) in [6, 6.07) is 11.8. The van der Waals surface area contributed by atoms with Crippen molar-refractivity contribution < 1.29 is 8.42 Å². The summed E-state index contributed by atoms with van der Waals surface area (Å²) in [6.45, 7) is 3.73. The molecule has 0 aliphatic heterocycles. The third-order valence-electron chi connectivity index (χ3n) is 2.84. The van der Waals surface area contributed by atoms with Crippen LogP contribution < -0.4 is 10.5 Å². The van der Waals surface area contributed by atoms with E-state index in [4.69, 9.17) is 5.73 Å². The van der Waals surface area contributed by atoms with Crippen LogP contribution in [-0.2, 0) is 10.0 Å². The van der Waals surface area contributed by atoms with Gasteiger partial charge in [0.2, 0.25) is 0 Å². The van der Waals surface area contributed by atoms with Crippen LogP contribution >= 0.6 is 0 Å². The van der Waals surface area contributed by atoms with E-state index >= 15 is 0 Å². The number of nitrogens with one attached hydrogen (secondary N) is 1. The van der Waals surface area contributed by atoms with Crippen LogP contribution in [0.25, 0.3) is 0 Å². The molecule has 0 aromatic heterocycles. The zero-order valence-electron chi connectivity index (χ0n) is 10.8. The Hall–Kier alpha value is -2.01. The minimum Gasteiger partial charge on any atom is -0.399 e. The van der Waals surface area contributed by atoms with Gasteiger partial charge in [0, 0.05) is 5.69 Å². The fourth-order valence-electron chi connectivity index (χ4n) is 1.67. The van der Waals surface area contributed by atoms with Crippen molar-refractivity contribution in [3.63, 3.8) is 0 Å². The maximum Gasteiger partial charge on any atom is 0.261 e. The van der Waals surface area contributed by atoms with Crippen LogP contribution in [0.1, 0.15) is 11.1 Å². The van der Waals surface area contributed by atoms with Gasteiger partial charge in [0.25, 0.3) is 10.0 Å². The monoisotopic (exact) mass is 276 g/mol. The standard InChI is InChI=1S/C14H16N2O2S/c1-10-3-7-13(8-4-10)19(17,18)16-14-9-12(15)6-5-11(14)2/h3-9,16H,15H2,1-2H3. The minimum atomic E-state index is -3.57. The summed E-state index contributed by atoms with van der Waals surface area (Å²) in [5.41, 5.74) is 8.53. The number of hydrogen-bond acceptors (Lipinski definition) is 3. The van der Waals surface area contributed by atoms with E-state index < -0.39 is 10.0 Å². The first-order valence-electron chi connectivity index (χ1n) is 5.84. The summed E-state index contributed by atoms with van der Waals surface area (Å²) in [7, 11) is -3.57. The lowest BCUT2D eigenvalue weighted by molar-refractivity contribution is 0.601. The van der Waals surface area contributed by atoms with Gasteiger partial charge in [0.1, 0.15) is 0 Å². The van der Waals surface area contributed by atoms with Crippen LogP contribution in [0.3, 0.4) is 0 Å². The molecule has 0 bridgehead atoms. The van der Waals surface area contributed by atoms with Gasteiger partial charge in [-0.3, -0.25) is 4.72 Å². The van der Waals surface area contributed by atoms with Crippen LogP contribution in [0, 0.1) is 13.8 Å². The molecular weight excluding hydrogens is 260 g/mol. The topological polar surface area (TPSA) is 72.2 Å². The highest BCUT2D eigenvalue weighted by atomic mass is 32.2. The van der Waals surface area contributed by atoms with Gasteiger partial charge in [-0.2, -0.15) is 0 Å². The van der Waals surface area contributed by atoms with E-state index in [1.165, 1.54) is 0 Å². The molecule has 0 unspecified atom stereocenters. The number of sulfonamides is 1. The van der Waals surface area contributed by atoms with Crippen LogP contribution in [0.15, 0.2) is 47.4 Å². The van der Waals surface area contributed by atoms with E-state index in [2.05, 4.69) is 4.72 Å². The van der Waals surface area contributed by atoms with Gasteiger partial charge in [0.15, 0.2) is 0 Å². The Morgan fingerprint density at radius 1 is 1.00 bits per heavy atom. The van der Waals surface area contributed by atoms with Gasteiger partial charge in [-0.05, 0) is 43.7 Å². The van der Waals surface area contributed by atoms with Crippen molar-refractivity contribution in [1.29, 1.82) is 0 Å². The first-order valence-corrected chi connectivity index (χ1v) is 7.32. The molecule has 0 saturated heterocycles. The summed E-state index contributed by atoms with van der Waals surface area (Å²) in [5.74, 6) is 0. The van der Waals surface area contributed by atoms with Crippen molar-refractivity contribution in [1.82, 2.24) is 0 Å². The maximum atomic E-state index is 12.2. The molecule has 5 heteroatoms. The molecule has 3 N–H and O–H groups in total. The summed E-state index contributed by atoms with van der Waals surface area (Å²) < 4.78 is 27.0. The highest BCUT2D eigenvalue weighted by molar-refractivity contribution is 7.92. The summed E-state index contributed by atoms with van der Waals surface area (Å²) in [4.78, 5) is 0.236. The molecule has 0 aliphatic carbocycles. The van der Waals surface area contributed by atoms with Crippen molar-refractivity contribution in [2.24, 2.45) is 0 Å². The number of hydrogen-bond donors (Lipinski definition) is 2. The number of nitrogens with two attached hydrogens (primary N) is 1. The SMILES string of the molecule is Cc1ccc(S(=O)(=O)Nc2cc(N)ccc2C)cc1. The van der Waals surface area contributed by atoms with E-state index in [0.717, 1.165) is 11.1 Å². The van der Waals surface area contributed by atoms with Crippen molar-refractivity contribution in [2.75, 3.05) is 10.5 Å². The normalized spacial score (nSPS) is 11.3. The van der Waals surface area contributed by atoms with Crippen molar-refractivity contribution in [2.45, 2.75) is 18.7 Å². The first-order chi connectivity index (χ1) is 8.88. The van der Waals surface area contributed by atoms with Gasteiger partial charge in [-0.1, -0.05) is 23.8 Å². The van der Waals surface area contributed by atoms with Gasteiger partial charge < -0.3 is 5.73 Å². The molecule has 2 aromatic carbocycles. The molecule has 4 nitrogen and oxygen atoms in total. The molecule has 0 atom stereocenters. The molecule has 2 aromatic rings. The zero-order chi connectivity index (χ0) is 14.0. The molecule has 0 aliphatic rings. The Morgan fingerprint density at radius 2 is 1.63 bits per heavy atom. The first kappa shape index (κ1) is 13.4. The van der Waals surface area contributed by atoms with Crippen LogP contribution in [0.4, 0.5) is 11.4 Å². The Morgan fingerprint density at radius 3 is 2.26 bits per heavy atom. The lowest BCUT2D eigenvalue weighted by Gasteiger charge is -2.11. The second kappa shape index (κ2) is 4.93. The zero-order valence-corrected chi connectivity index (χ0v) is 11.7. The molecular formula is C14H16N2O2S. The minimum absolute atomic E-state index is 0.236.